The zero-order valence-corrected chi connectivity index (χ0v) is 23.1. The summed E-state index contributed by atoms with van der Waals surface area (Å²) in [6, 6.07) is 22.9. The molecule has 0 saturated carbocycles. The van der Waals surface area contributed by atoms with E-state index < -0.39 is 22.0 Å². The first-order chi connectivity index (χ1) is 18.7. The van der Waals surface area contributed by atoms with E-state index >= 15 is 0 Å². The topological polar surface area (TPSA) is 96.0 Å². The van der Waals surface area contributed by atoms with Crippen LogP contribution in [0.1, 0.15) is 51.8 Å². The van der Waals surface area contributed by atoms with E-state index in [1.165, 1.54) is 10.6 Å². The molecule has 0 radical (unpaired) electrons. The van der Waals surface area contributed by atoms with Crippen LogP contribution in [0.25, 0.3) is 0 Å². The first-order valence-electron chi connectivity index (χ1n) is 12.8. The molecule has 2 aliphatic rings. The molecule has 0 aromatic heterocycles. The van der Waals surface area contributed by atoms with Crippen molar-refractivity contribution in [2.75, 3.05) is 19.3 Å². The molecule has 10 heteroatoms. The van der Waals surface area contributed by atoms with Gasteiger partial charge in [-0.15, -0.1) is 0 Å². The SMILES string of the molecule is CS(=O)(=O)N1CCC(N2C(=O)c3ccccc3[C@@H](C(=O)NOCc3ccccc3)[C@@H]2c2ccc(Cl)cc2)CC1. The van der Waals surface area contributed by atoms with Crippen molar-refractivity contribution in [3.8, 4) is 0 Å². The molecule has 1 fully saturated rings. The van der Waals surface area contributed by atoms with Gasteiger partial charge in [-0.2, -0.15) is 0 Å². The Labute approximate surface area is 233 Å². The highest BCUT2D eigenvalue weighted by Gasteiger charge is 2.47. The van der Waals surface area contributed by atoms with E-state index in [0.29, 0.717) is 42.1 Å². The number of carbonyl (C=O) groups excluding carboxylic acids is 2. The molecule has 2 heterocycles. The minimum absolute atomic E-state index is 0.183. The molecule has 1 N–H and O–H groups in total. The summed E-state index contributed by atoms with van der Waals surface area (Å²) in [4.78, 5) is 35.2. The lowest BCUT2D eigenvalue weighted by Gasteiger charge is -2.47. The van der Waals surface area contributed by atoms with Crippen molar-refractivity contribution in [1.82, 2.24) is 14.7 Å². The summed E-state index contributed by atoms with van der Waals surface area (Å²) >= 11 is 6.19. The van der Waals surface area contributed by atoms with Crippen LogP contribution in [0.3, 0.4) is 0 Å². The molecule has 0 unspecified atom stereocenters. The molecule has 5 rings (SSSR count). The molecule has 3 aromatic carbocycles. The summed E-state index contributed by atoms with van der Waals surface area (Å²) in [6.45, 7) is 0.803. The fourth-order valence-corrected chi connectivity index (χ4v) is 6.53. The number of halogens is 1. The van der Waals surface area contributed by atoms with Crippen molar-refractivity contribution in [2.45, 2.75) is 37.5 Å². The van der Waals surface area contributed by atoms with Gasteiger partial charge in [0.25, 0.3) is 11.8 Å². The van der Waals surface area contributed by atoms with E-state index in [2.05, 4.69) is 5.48 Å². The Bertz CT molecular complexity index is 1440. The number of hydroxylamine groups is 1. The molecule has 2 aliphatic heterocycles. The number of sulfonamides is 1. The van der Waals surface area contributed by atoms with Gasteiger partial charge in [0.2, 0.25) is 10.0 Å². The van der Waals surface area contributed by atoms with E-state index in [0.717, 1.165) is 11.1 Å². The first kappa shape index (κ1) is 27.3. The van der Waals surface area contributed by atoms with Crippen molar-refractivity contribution in [2.24, 2.45) is 0 Å². The largest absolute Gasteiger partial charge is 0.327 e. The molecule has 204 valence electrons. The van der Waals surface area contributed by atoms with Crippen LogP contribution in [-0.2, 0) is 26.3 Å². The van der Waals surface area contributed by atoms with E-state index in [-0.39, 0.29) is 24.5 Å². The minimum Gasteiger partial charge on any atom is -0.327 e. The maximum atomic E-state index is 14.0. The lowest BCUT2D eigenvalue weighted by Crippen LogP contribution is -2.54. The average molecular weight is 568 g/mol. The van der Waals surface area contributed by atoms with Crippen molar-refractivity contribution in [3.05, 3.63) is 106 Å². The van der Waals surface area contributed by atoms with Gasteiger partial charge in [0.1, 0.15) is 0 Å². The lowest BCUT2D eigenvalue weighted by molar-refractivity contribution is -0.138. The third kappa shape index (κ3) is 5.86. The summed E-state index contributed by atoms with van der Waals surface area (Å²) in [5.41, 5.74) is 5.37. The van der Waals surface area contributed by atoms with Gasteiger partial charge in [-0.1, -0.05) is 72.3 Å². The van der Waals surface area contributed by atoms with Gasteiger partial charge in [0.15, 0.2) is 0 Å². The second kappa shape index (κ2) is 11.5. The number of nitrogens with zero attached hydrogens (tertiary/aromatic N) is 2. The standard InChI is InChI=1S/C29H30ClN3O5S/c1-39(36,37)32-17-15-23(16-18-32)33-27(21-11-13-22(30)14-12-21)26(24-9-5-6-10-25(24)29(33)35)28(34)31-38-19-20-7-3-2-4-8-20/h2-14,23,26-27H,15-19H2,1H3,(H,31,34)/t26-,27+/m1/s1. The van der Waals surface area contributed by atoms with Gasteiger partial charge in [-0.05, 0) is 47.7 Å². The number of carbonyl (C=O) groups is 2. The number of hydrogen-bond donors (Lipinski definition) is 1. The van der Waals surface area contributed by atoms with Crippen LogP contribution in [-0.4, -0.2) is 54.8 Å². The third-order valence-corrected chi connectivity index (χ3v) is 8.97. The van der Waals surface area contributed by atoms with Crippen LogP contribution in [0, 0.1) is 0 Å². The molecule has 3 aromatic rings. The van der Waals surface area contributed by atoms with Crippen molar-refractivity contribution >= 4 is 33.4 Å². The highest BCUT2D eigenvalue weighted by Crippen LogP contribution is 2.45. The Morgan fingerprint density at radius 2 is 1.62 bits per heavy atom. The Morgan fingerprint density at radius 1 is 0.974 bits per heavy atom. The quantitative estimate of drug-likeness (QED) is 0.430. The van der Waals surface area contributed by atoms with E-state index in [4.69, 9.17) is 16.4 Å². The van der Waals surface area contributed by atoms with Gasteiger partial charge in [-0.25, -0.2) is 18.2 Å². The zero-order valence-electron chi connectivity index (χ0n) is 21.5. The summed E-state index contributed by atoms with van der Waals surface area (Å²) in [5.74, 6) is -1.31. The number of benzene rings is 3. The Hall–Kier alpha value is -3.24. The maximum absolute atomic E-state index is 14.0. The summed E-state index contributed by atoms with van der Waals surface area (Å²) in [5, 5.41) is 0.543. The first-order valence-corrected chi connectivity index (χ1v) is 15.0. The van der Waals surface area contributed by atoms with Crippen LogP contribution in [0.15, 0.2) is 78.9 Å². The van der Waals surface area contributed by atoms with Crippen molar-refractivity contribution in [1.29, 1.82) is 0 Å². The predicted molar refractivity (Wildman–Crippen MR) is 148 cm³/mol. The Kier molecular flexibility index (Phi) is 8.04. The smallest absolute Gasteiger partial charge is 0.254 e. The zero-order chi connectivity index (χ0) is 27.6. The van der Waals surface area contributed by atoms with Crippen LogP contribution < -0.4 is 5.48 Å². The van der Waals surface area contributed by atoms with E-state index in [1.54, 1.807) is 35.2 Å². The molecule has 0 aliphatic carbocycles. The van der Waals surface area contributed by atoms with Gasteiger partial charge < -0.3 is 4.90 Å². The van der Waals surface area contributed by atoms with Crippen LogP contribution >= 0.6 is 11.6 Å². The van der Waals surface area contributed by atoms with Crippen molar-refractivity contribution < 1.29 is 22.8 Å². The van der Waals surface area contributed by atoms with Gasteiger partial charge >= 0.3 is 0 Å². The molecule has 39 heavy (non-hydrogen) atoms. The molecular formula is C29H30ClN3O5S. The number of hydrogen-bond acceptors (Lipinski definition) is 5. The molecular weight excluding hydrogens is 538 g/mol. The Morgan fingerprint density at radius 3 is 2.28 bits per heavy atom. The number of rotatable bonds is 7. The highest BCUT2D eigenvalue weighted by molar-refractivity contribution is 7.88. The van der Waals surface area contributed by atoms with Crippen molar-refractivity contribution in [3.63, 3.8) is 0 Å². The predicted octanol–water partition coefficient (Wildman–Crippen LogP) is 4.29. The normalized spacial score (nSPS) is 20.5. The Balaban J connectivity index is 1.51. The van der Waals surface area contributed by atoms with Crippen LogP contribution in [0.2, 0.25) is 5.02 Å². The van der Waals surface area contributed by atoms with Crippen LogP contribution in [0.4, 0.5) is 0 Å². The fraction of sp³-hybridized carbons (Fsp3) is 0.310. The minimum atomic E-state index is -3.34. The molecule has 2 atom stereocenters. The highest BCUT2D eigenvalue weighted by atomic mass is 35.5. The molecule has 1 saturated heterocycles. The second-order valence-electron chi connectivity index (χ2n) is 9.91. The molecule has 8 nitrogen and oxygen atoms in total. The maximum Gasteiger partial charge on any atom is 0.254 e. The third-order valence-electron chi connectivity index (χ3n) is 7.41. The van der Waals surface area contributed by atoms with Gasteiger partial charge in [0.05, 0.1) is 24.8 Å². The average Bonchev–Trinajstić information content (AvgIpc) is 2.93. The van der Waals surface area contributed by atoms with Gasteiger partial charge in [-0.3, -0.25) is 14.4 Å². The fourth-order valence-electron chi connectivity index (χ4n) is 5.53. The van der Waals surface area contributed by atoms with E-state index in [9.17, 15) is 18.0 Å². The van der Waals surface area contributed by atoms with Crippen LogP contribution in [0.5, 0.6) is 0 Å². The summed E-state index contributed by atoms with van der Waals surface area (Å²) in [6.07, 6.45) is 2.12. The summed E-state index contributed by atoms with van der Waals surface area (Å²) in [7, 11) is -3.34. The summed E-state index contributed by atoms with van der Waals surface area (Å²) < 4.78 is 25.7. The molecule has 0 bridgehead atoms. The number of amides is 2. The number of piperidine rings is 1. The molecule has 0 spiro atoms. The lowest BCUT2D eigenvalue weighted by atomic mass is 9.78. The number of fused-ring (bicyclic) bond motifs is 1. The monoisotopic (exact) mass is 567 g/mol. The number of nitrogens with one attached hydrogen (secondary N) is 1. The van der Waals surface area contributed by atoms with E-state index in [1.807, 2.05) is 48.5 Å². The van der Waals surface area contributed by atoms with Gasteiger partial charge in [0, 0.05) is 29.7 Å². The second-order valence-corrected chi connectivity index (χ2v) is 12.3. The molecule has 2 amide bonds.